The number of anilines is 2. The molecule has 21 heavy (non-hydrogen) atoms. The van der Waals surface area contributed by atoms with Crippen molar-refractivity contribution in [3.05, 3.63) is 27.8 Å². The summed E-state index contributed by atoms with van der Waals surface area (Å²) in [4.78, 5) is 8.48. The van der Waals surface area contributed by atoms with Gasteiger partial charge in [-0.15, -0.1) is 11.3 Å². The van der Waals surface area contributed by atoms with Crippen LogP contribution in [-0.2, 0) is 10.0 Å². The molecule has 0 radical (unpaired) electrons. The van der Waals surface area contributed by atoms with Crippen LogP contribution < -0.4 is 10.0 Å². The number of hydrogen-bond donors (Lipinski definition) is 2. The molecule has 2 aromatic heterocycles. The first-order valence-electron chi connectivity index (χ1n) is 6.31. The van der Waals surface area contributed by atoms with E-state index in [-0.39, 0.29) is 4.90 Å². The van der Waals surface area contributed by atoms with Crippen LogP contribution in [0.5, 0.6) is 0 Å². The number of sulfonamides is 1. The van der Waals surface area contributed by atoms with Crippen molar-refractivity contribution in [2.45, 2.75) is 23.7 Å². The van der Waals surface area contributed by atoms with Gasteiger partial charge in [0.25, 0.3) is 10.0 Å². The highest BCUT2D eigenvalue weighted by Gasteiger charge is 2.27. The number of aromatic nitrogens is 2. The normalized spacial score (nSPS) is 15.0. The van der Waals surface area contributed by atoms with Crippen LogP contribution >= 0.6 is 27.3 Å². The van der Waals surface area contributed by atoms with Gasteiger partial charge in [-0.1, -0.05) is 0 Å². The molecule has 1 aliphatic rings. The molecular weight excluding hydrogens is 376 g/mol. The van der Waals surface area contributed by atoms with E-state index in [2.05, 4.69) is 35.9 Å². The molecule has 0 aromatic carbocycles. The summed E-state index contributed by atoms with van der Waals surface area (Å²) in [7, 11) is -2.10. The Bertz CT molecular complexity index is 771. The Kier molecular flexibility index (Phi) is 3.89. The van der Waals surface area contributed by atoms with Crippen molar-refractivity contribution in [1.82, 2.24) is 9.97 Å². The second kappa shape index (κ2) is 5.54. The van der Waals surface area contributed by atoms with Gasteiger partial charge in [0.15, 0.2) is 5.13 Å². The van der Waals surface area contributed by atoms with Crippen LogP contribution in [-0.4, -0.2) is 25.4 Å². The number of pyridine rings is 1. The zero-order valence-electron chi connectivity index (χ0n) is 11.1. The molecular formula is C12H13BrN4O2S2. The highest BCUT2D eigenvalue weighted by molar-refractivity contribution is 9.10. The fourth-order valence-electron chi connectivity index (χ4n) is 1.88. The third kappa shape index (κ3) is 3.19. The largest absolute Gasteiger partial charge is 0.372 e. The lowest BCUT2D eigenvalue weighted by molar-refractivity contribution is 0.601. The van der Waals surface area contributed by atoms with Crippen molar-refractivity contribution < 1.29 is 8.42 Å². The van der Waals surface area contributed by atoms with Gasteiger partial charge in [-0.2, -0.15) is 0 Å². The van der Waals surface area contributed by atoms with Crippen LogP contribution in [0.25, 0.3) is 0 Å². The van der Waals surface area contributed by atoms with Crippen LogP contribution in [0.3, 0.4) is 0 Å². The van der Waals surface area contributed by atoms with Gasteiger partial charge in [-0.3, -0.25) is 4.72 Å². The maximum absolute atomic E-state index is 12.5. The van der Waals surface area contributed by atoms with Gasteiger partial charge in [0.1, 0.15) is 10.7 Å². The lowest BCUT2D eigenvalue weighted by Crippen LogP contribution is -2.15. The minimum absolute atomic E-state index is 0.0857. The van der Waals surface area contributed by atoms with Crippen molar-refractivity contribution in [2.75, 3.05) is 17.1 Å². The van der Waals surface area contributed by atoms with Crippen LogP contribution in [0, 0.1) is 0 Å². The molecule has 0 saturated heterocycles. The van der Waals surface area contributed by atoms with Gasteiger partial charge < -0.3 is 5.32 Å². The molecule has 3 rings (SSSR count). The van der Waals surface area contributed by atoms with Crippen LogP contribution in [0.1, 0.15) is 24.5 Å². The van der Waals surface area contributed by atoms with E-state index in [0.29, 0.717) is 21.3 Å². The van der Waals surface area contributed by atoms with E-state index in [9.17, 15) is 8.42 Å². The van der Waals surface area contributed by atoms with Crippen molar-refractivity contribution in [2.24, 2.45) is 0 Å². The Labute approximate surface area is 135 Å². The van der Waals surface area contributed by atoms with Crippen molar-refractivity contribution in [3.63, 3.8) is 0 Å². The minimum Gasteiger partial charge on any atom is -0.372 e. The lowest BCUT2D eigenvalue weighted by Gasteiger charge is -2.09. The third-order valence-corrected chi connectivity index (χ3v) is 5.78. The molecule has 9 heteroatoms. The maximum atomic E-state index is 12.5. The quantitative estimate of drug-likeness (QED) is 0.821. The Balaban J connectivity index is 1.90. The molecule has 112 valence electrons. The minimum atomic E-state index is -3.73. The highest BCUT2D eigenvalue weighted by atomic mass is 79.9. The van der Waals surface area contributed by atoms with E-state index in [1.54, 1.807) is 13.2 Å². The van der Waals surface area contributed by atoms with Crippen molar-refractivity contribution >= 4 is 48.2 Å². The molecule has 2 aromatic rings. The summed E-state index contributed by atoms with van der Waals surface area (Å²) >= 11 is 4.54. The first-order chi connectivity index (χ1) is 9.99. The molecule has 0 spiro atoms. The van der Waals surface area contributed by atoms with E-state index in [1.165, 1.54) is 17.4 Å². The average Bonchev–Trinajstić information content (AvgIpc) is 3.20. The summed E-state index contributed by atoms with van der Waals surface area (Å²) < 4.78 is 28.1. The summed E-state index contributed by atoms with van der Waals surface area (Å²) in [6.45, 7) is 0. The van der Waals surface area contributed by atoms with Crippen molar-refractivity contribution in [3.8, 4) is 0 Å². The number of nitrogens with zero attached hydrogens (tertiary/aromatic N) is 2. The smallest absolute Gasteiger partial charge is 0.267 e. The van der Waals surface area contributed by atoms with E-state index in [4.69, 9.17) is 0 Å². The fraction of sp³-hybridized carbons (Fsp3) is 0.333. The zero-order valence-corrected chi connectivity index (χ0v) is 14.3. The standard InChI is InChI=1S/C12H13BrN4O2S2/c1-14-11-10(4-8(13)5-15-11)21(18,19)17-12-16-9(6-20-12)7-2-3-7/h4-7H,2-3H2,1H3,(H,14,15)(H,16,17). The first kappa shape index (κ1) is 14.7. The first-order valence-corrected chi connectivity index (χ1v) is 9.47. The molecule has 0 bridgehead atoms. The van der Waals surface area contributed by atoms with E-state index in [1.807, 2.05) is 5.38 Å². The SMILES string of the molecule is CNc1ncc(Br)cc1S(=O)(=O)Nc1nc(C2CC2)cs1. The van der Waals surface area contributed by atoms with Crippen LogP contribution in [0.15, 0.2) is 27.0 Å². The monoisotopic (exact) mass is 388 g/mol. The molecule has 0 unspecified atom stereocenters. The Morgan fingerprint density at radius 1 is 1.43 bits per heavy atom. The predicted octanol–water partition coefficient (Wildman–Crippen LogP) is 3.02. The average molecular weight is 389 g/mol. The Morgan fingerprint density at radius 3 is 2.86 bits per heavy atom. The summed E-state index contributed by atoms with van der Waals surface area (Å²) in [5.41, 5.74) is 0.971. The number of nitrogens with one attached hydrogen (secondary N) is 2. The molecule has 0 amide bonds. The van der Waals surface area contributed by atoms with Crippen molar-refractivity contribution in [1.29, 1.82) is 0 Å². The van der Waals surface area contributed by atoms with Crippen LogP contribution in [0.4, 0.5) is 10.9 Å². The molecule has 1 saturated carbocycles. The topological polar surface area (TPSA) is 84.0 Å². The molecule has 1 fully saturated rings. The Morgan fingerprint density at radius 2 is 2.19 bits per heavy atom. The van der Waals surface area contributed by atoms with E-state index < -0.39 is 10.0 Å². The van der Waals surface area contributed by atoms with E-state index >= 15 is 0 Å². The second-order valence-corrected chi connectivity index (χ2v) is 8.13. The number of hydrogen-bond acceptors (Lipinski definition) is 6. The molecule has 2 N–H and O–H groups in total. The summed E-state index contributed by atoms with van der Waals surface area (Å²) in [5, 5.41) is 5.08. The molecule has 1 aliphatic carbocycles. The number of rotatable bonds is 5. The van der Waals surface area contributed by atoms with E-state index in [0.717, 1.165) is 18.5 Å². The lowest BCUT2D eigenvalue weighted by atomic mass is 10.3. The Hall–Kier alpha value is -1.19. The summed E-state index contributed by atoms with van der Waals surface area (Å²) in [6, 6.07) is 1.51. The maximum Gasteiger partial charge on any atom is 0.267 e. The summed E-state index contributed by atoms with van der Waals surface area (Å²) in [6.07, 6.45) is 3.81. The fourth-order valence-corrected chi connectivity index (χ4v) is 4.60. The zero-order chi connectivity index (χ0) is 15.0. The molecule has 2 heterocycles. The molecule has 0 atom stereocenters. The number of thiazole rings is 1. The molecule has 6 nitrogen and oxygen atoms in total. The number of halogens is 1. The second-order valence-electron chi connectivity index (χ2n) is 4.71. The third-order valence-electron chi connectivity index (χ3n) is 3.08. The van der Waals surface area contributed by atoms with Gasteiger partial charge in [0.2, 0.25) is 0 Å². The van der Waals surface area contributed by atoms with Crippen LogP contribution in [0.2, 0.25) is 0 Å². The predicted molar refractivity (Wildman–Crippen MR) is 86.4 cm³/mol. The van der Waals surface area contributed by atoms with Gasteiger partial charge >= 0.3 is 0 Å². The molecule has 0 aliphatic heterocycles. The van der Waals surface area contributed by atoms with Gasteiger partial charge in [0, 0.05) is 29.0 Å². The van der Waals surface area contributed by atoms with Gasteiger partial charge in [0.05, 0.1) is 5.69 Å². The summed E-state index contributed by atoms with van der Waals surface area (Å²) in [5.74, 6) is 0.796. The highest BCUT2D eigenvalue weighted by Crippen LogP contribution is 2.41. The van der Waals surface area contributed by atoms with Gasteiger partial charge in [-0.25, -0.2) is 18.4 Å². The van der Waals surface area contributed by atoms with Gasteiger partial charge in [-0.05, 0) is 34.8 Å².